The molecule has 158 valence electrons. The van der Waals surface area contributed by atoms with Crippen LogP contribution < -0.4 is 9.47 Å². The number of hydrogen-bond donors (Lipinski definition) is 2. The number of ether oxygens (including phenoxy) is 2. The maximum absolute atomic E-state index is 10.6. The van der Waals surface area contributed by atoms with Gasteiger partial charge in [-0.25, -0.2) is 0 Å². The standard InChI is InChI=1S/C26H26N2O3/c1-18(2)21-10-6-7-11-24(21)31-25-17-27-28-26(25)22-13-12-20(16-23(22)29)30-15-14-19-8-4-3-5-9-19/h3-13,16-18,29H,14-15H2,1-2H3,(H,27,28). The topological polar surface area (TPSA) is 67.4 Å². The third-order valence-corrected chi connectivity index (χ3v) is 5.11. The highest BCUT2D eigenvalue weighted by atomic mass is 16.5. The van der Waals surface area contributed by atoms with E-state index in [1.807, 2.05) is 48.5 Å². The number of H-pyrrole nitrogens is 1. The van der Waals surface area contributed by atoms with Crippen molar-refractivity contribution in [2.75, 3.05) is 6.61 Å². The minimum absolute atomic E-state index is 0.100. The number of phenols is 1. The van der Waals surface area contributed by atoms with Crippen LogP contribution in [0.15, 0.2) is 79.0 Å². The third kappa shape index (κ3) is 4.89. The zero-order valence-corrected chi connectivity index (χ0v) is 17.7. The molecule has 0 fully saturated rings. The molecular formula is C26H26N2O3. The van der Waals surface area contributed by atoms with Crippen molar-refractivity contribution in [2.24, 2.45) is 0 Å². The summed E-state index contributed by atoms with van der Waals surface area (Å²) in [6, 6.07) is 23.4. The Morgan fingerprint density at radius 1 is 0.935 bits per heavy atom. The molecule has 5 heteroatoms. The second kappa shape index (κ2) is 9.39. The first-order valence-corrected chi connectivity index (χ1v) is 10.4. The quantitative estimate of drug-likeness (QED) is 0.354. The number of hydrogen-bond acceptors (Lipinski definition) is 4. The first kappa shape index (κ1) is 20.5. The fourth-order valence-electron chi connectivity index (χ4n) is 3.46. The van der Waals surface area contributed by atoms with Crippen LogP contribution in [0.3, 0.4) is 0 Å². The van der Waals surface area contributed by atoms with E-state index in [1.54, 1.807) is 12.3 Å². The normalized spacial score (nSPS) is 10.9. The molecule has 4 aromatic rings. The molecule has 0 radical (unpaired) electrons. The van der Waals surface area contributed by atoms with Crippen molar-refractivity contribution in [1.29, 1.82) is 0 Å². The minimum atomic E-state index is 0.100. The largest absolute Gasteiger partial charge is 0.507 e. The maximum atomic E-state index is 10.6. The first-order valence-electron chi connectivity index (χ1n) is 10.4. The summed E-state index contributed by atoms with van der Waals surface area (Å²) in [5.74, 6) is 2.38. The molecule has 0 saturated heterocycles. The average molecular weight is 415 g/mol. The highest BCUT2D eigenvalue weighted by molar-refractivity contribution is 5.73. The number of benzene rings is 3. The van der Waals surface area contributed by atoms with Gasteiger partial charge in [-0.2, -0.15) is 5.10 Å². The third-order valence-electron chi connectivity index (χ3n) is 5.11. The van der Waals surface area contributed by atoms with Gasteiger partial charge in [0.05, 0.1) is 12.8 Å². The Kier molecular flexibility index (Phi) is 6.22. The second-order valence-corrected chi connectivity index (χ2v) is 7.67. The van der Waals surface area contributed by atoms with Crippen LogP contribution in [-0.4, -0.2) is 21.9 Å². The van der Waals surface area contributed by atoms with Gasteiger partial charge in [0.1, 0.15) is 22.9 Å². The van der Waals surface area contributed by atoms with E-state index in [-0.39, 0.29) is 5.75 Å². The molecule has 31 heavy (non-hydrogen) atoms. The molecule has 5 nitrogen and oxygen atoms in total. The molecule has 0 aliphatic heterocycles. The molecule has 0 amide bonds. The predicted molar refractivity (Wildman–Crippen MR) is 122 cm³/mol. The van der Waals surface area contributed by atoms with E-state index in [0.717, 1.165) is 17.7 Å². The molecule has 2 N–H and O–H groups in total. The summed E-state index contributed by atoms with van der Waals surface area (Å²) < 4.78 is 12.0. The number of aromatic hydroxyl groups is 1. The van der Waals surface area contributed by atoms with Gasteiger partial charge in [-0.1, -0.05) is 62.4 Å². The Morgan fingerprint density at radius 3 is 2.48 bits per heavy atom. The van der Waals surface area contributed by atoms with E-state index >= 15 is 0 Å². The van der Waals surface area contributed by atoms with Gasteiger partial charge < -0.3 is 14.6 Å². The van der Waals surface area contributed by atoms with Gasteiger partial charge in [0, 0.05) is 18.1 Å². The van der Waals surface area contributed by atoms with Crippen LogP contribution in [0.2, 0.25) is 0 Å². The lowest BCUT2D eigenvalue weighted by molar-refractivity contribution is 0.320. The minimum Gasteiger partial charge on any atom is -0.507 e. The van der Waals surface area contributed by atoms with Crippen LogP contribution in [-0.2, 0) is 6.42 Å². The summed E-state index contributed by atoms with van der Waals surface area (Å²) in [4.78, 5) is 0. The monoisotopic (exact) mass is 414 g/mol. The summed E-state index contributed by atoms with van der Waals surface area (Å²) in [5, 5.41) is 17.7. The molecule has 1 aromatic heterocycles. The Hall–Kier alpha value is -3.73. The number of rotatable bonds is 8. The Balaban J connectivity index is 1.49. The van der Waals surface area contributed by atoms with Gasteiger partial charge in [0.25, 0.3) is 0 Å². The average Bonchev–Trinajstić information content (AvgIpc) is 3.22. The molecule has 3 aromatic carbocycles. The van der Waals surface area contributed by atoms with E-state index in [4.69, 9.17) is 9.47 Å². The van der Waals surface area contributed by atoms with Crippen LogP contribution in [0.4, 0.5) is 0 Å². The molecule has 0 atom stereocenters. The van der Waals surface area contributed by atoms with Gasteiger partial charge in [-0.3, -0.25) is 5.10 Å². The van der Waals surface area contributed by atoms with Crippen LogP contribution in [0, 0.1) is 0 Å². The Morgan fingerprint density at radius 2 is 1.71 bits per heavy atom. The van der Waals surface area contributed by atoms with Crippen molar-refractivity contribution < 1.29 is 14.6 Å². The van der Waals surface area contributed by atoms with Crippen molar-refractivity contribution in [3.63, 3.8) is 0 Å². The van der Waals surface area contributed by atoms with Gasteiger partial charge in [0.15, 0.2) is 5.75 Å². The summed E-state index contributed by atoms with van der Waals surface area (Å²) in [6.07, 6.45) is 2.42. The lowest BCUT2D eigenvalue weighted by Crippen LogP contribution is -2.01. The Labute approximate surface area is 182 Å². The molecule has 0 aliphatic carbocycles. The molecule has 0 bridgehead atoms. The van der Waals surface area contributed by atoms with E-state index in [0.29, 0.717) is 35.3 Å². The van der Waals surface area contributed by atoms with Crippen LogP contribution in [0.1, 0.15) is 30.9 Å². The van der Waals surface area contributed by atoms with Gasteiger partial charge in [0.2, 0.25) is 0 Å². The van der Waals surface area contributed by atoms with E-state index in [1.165, 1.54) is 5.56 Å². The van der Waals surface area contributed by atoms with Gasteiger partial charge in [-0.05, 0) is 35.2 Å². The summed E-state index contributed by atoms with van der Waals surface area (Å²) in [6.45, 7) is 4.79. The van der Waals surface area contributed by atoms with Crippen molar-refractivity contribution in [3.05, 3.63) is 90.1 Å². The lowest BCUT2D eigenvalue weighted by atomic mass is 10.0. The fraction of sp³-hybridized carbons (Fsp3) is 0.192. The number of para-hydroxylation sites is 1. The van der Waals surface area contributed by atoms with E-state index in [9.17, 15) is 5.11 Å². The highest BCUT2D eigenvalue weighted by Crippen LogP contribution is 2.39. The maximum Gasteiger partial charge on any atom is 0.173 e. The van der Waals surface area contributed by atoms with Crippen molar-refractivity contribution in [2.45, 2.75) is 26.2 Å². The van der Waals surface area contributed by atoms with Crippen molar-refractivity contribution in [1.82, 2.24) is 10.2 Å². The molecule has 0 spiro atoms. The van der Waals surface area contributed by atoms with Crippen LogP contribution in [0.25, 0.3) is 11.3 Å². The van der Waals surface area contributed by atoms with E-state index < -0.39 is 0 Å². The Bertz CT molecular complexity index is 1140. The smallest absolute Gasteiger partial charge is 0.173 e. The van der Waals surface area contributed by atoms with Crippen LogP contribution in [0.5, 0.6) is 23.0 Å². The molecule has 0 aliphatic rings. The fourth-order valence-corrected chi connectivity index (χ4v) is 3.46. The van der Waals surface area contributed by atoms with Gasteiger partial charge >= 0.3 is 0 Å². The SMILES string of the molecule is CC(C)c1ccccc1Oc1cn[nH]c1-c1ccc(OCCc2ccccc2)cc1O. The lowest BCUT2D eigenvalue weighted by Gasteiger charge is -2.14. The molecule has 0 saturated carbocycles. The van der Waals surface area contributed by atoms with Crippen LogP contribution >= 0.6 is 0 Å². The highest BCUT2D eigenvalue weighted by Gasteiger charge is 2.16. The number of nitrogens with zero attached hydrogens (tertiary/aromatic N) is 1. The zero-order valence-electron chi connectivity index (χ0n) is 17.7. The molecular weight excluding hydrogens is 388 g/mol. The van der Waals surface area contributed by atoms with Crippen molar-refractivity contribution >= 4 is 0 Å². The number of nitrogens with one attached hydrogen (secondary N) is 1. The summed E-state index contributed by atoms with van der Waals surface area (Å²) >= 11 is 0. The molecule has 0 unspecified atom stereocenters. The molecule has 1 heterocycles. The summed E-state index contributed by atoms with van der Waals surface area (Å²) in [5.41, 5.74) is 3.54. The van der Waals surface area contributed by atoms with Gasteiger partial charge in [-0.15, -0.1) is 0 Å². The number of aromatic amines is 1. The summed E-state index contributed by atoms with van der Waals surface area (Å²) in [7, 11) is 0. The van der Waals surface area contributed by atoms with Crippen molar-refractivity contribution in [3.8, 4) is 34.3 Å². The molecule has 4 rings (SSSR count). The van der Waals surface area contributed by atoms with E-state index in [2.05, 4.69) is 42.2 Å². The second-order valence-electron chi connectivity index (χ2n) is 7.67. The predicted octanol–water partition coefficient (Wildman–Crippen LogP) is 6.32. The first-order chi connectivity index (χ1) is 15.1. The number of aromatic nitrogens is 2. The number of phenolic OH excluding ortho intramolecular Hbond substituents is 1. The zero-order chi connectivity index (χ0) is 21.6.